The van der Waals surface area contributed by atoms with Crippen molar-refractivity contribution in [3.8, 4) is 0 Å². The number of rotatable bonds is 4. The second-order valence-electron chi connectivity index (χ2n) is 5.81. The molecule has 0 saturated heterocycles. The molecule has 3 rings (SSSR count). The van der Waals surface area contributed by atoms with E-state index in [1.807, 2.05) is 12.1 Å². The molecule has 0 bridgehead atoms. The Hall–Kier alpha value is -2.56. The van der Waals surface area contributed by atoms with E-state index in [1.54, 1.807) is 37.5 Å². The summed E-state index contributed by atoms with van der Waals surface area (Å²) in [4.78, 5) is 24.5. The van der Waals surface area contributed by atoms with Gasteiger partial charge in [-0.25, -0.2) is 0 Å². The highest BCUT2D eigenvalue weighted by Crippen LogP contribution is 2.30. The standard InChI is InChI=1S/C18H20N2O3/c1-12(19-18(22)13-6-3-2-4-7-13)17(21)20-15-8-5-9-16-14(15)10-11-23-16/h2-4,6-7,10-12,15H,5,8-9H2,1H3,(H,19,22)(H,20,21). The van der Waals surface area contributed by atoms with Crippen molar-refractivity contribution in [3.05, 3.63) is 59.5 Å². The summed E-state index contributed by atoms with van der Waals surface area (Å²) in [6.45, 7) is 1.69. The van der Waals surface area contributed by atoms with Crippen LogP contribution < -0.4 is 10.6 Å². The first-order chi connectivity index (χ1) is 11.1. The smallest absolute Gasteiger partial charge is 0.251 e. The van der Waals surface area contributed by atoms with Gasteiger partial charge in [0, 0.05) is 17.5 Å². The summed E-state index contributed by atoms with van der Waals surface area (Å²) in [5.74, 6) is 0.511. The Morgan fingerprint density at radius 1 is 1.22 bits per heavy atom. The molecule has 1 aromatic heterocycles. The van der Waals surface area contributed by atoms with Gasteiger partial charge in [0.1, 0.15) is 11.8 Å². The molecule has 1 aliphatic rings. The molecule has 2 atom stereocenters. The van der Waals surface area contributed by atoms with Gasteiger partial charge in [-0.05, 0) is 38.0 Å². The summed E-state index contributed by atoms with van der Waals surface area (Å²) < 4.78 is 5.43. The van der Waals surface area contributed by atoms with Crippen LogP contribution in [0.3, 0.4) is 0 Å². The largest absolute Gasteiger partial charge is 0.469 e. The summed E-state index contributed by atoms with van der Waals surface area (Å²) in [6, 6.07) is 10.1. The number of hydrogen-bond acceptors (Lipinski definition) is 3. The van der Waals surface area contributed by atoms with Crippen LogP contribution in [-0.4, -0.2) is 17.9 Å². The van der Waals surface area contributed by atoms with Gasteiger partial charge in [-0.15, -0.1) is 0 Å². The number of furan rings is 1. The molecule has 0 spiro atoms. The van der Waals surface area contributed by atoms with Crippen molar-refractivity contribution in [2.75, 3.05) is 0 Å². The van der Waals surface area contributed by atoms with E-state index in [0.717, 1.165) is 30.6 Å². The van der Waals surface area contributed by atoms with Crippen LogP contribution in [0.1, 0.15) is 47.5 Å². The molecule has 23 heavy (non-hydrogen) atoms. The van der Waals surface area contributed by atoms with Gasteiger partial charge in [0.15, 0.2) is 0 Å². The summed E-state index contributed by atoms with van der Waals surface area (Å²) in [5, 5.41) is 5.73. The zero-order valence-corrected chi connectivity index (χ0v) is 13.0. The normalized spacial score (nSPS) is 17.9. The maximum atomic E-state index is 12.4. The van der Waals surface area contributed by atoms with Crippen molar-refractivity contribution in [3.63, 3.8) is 0 Å². The fourth-order valence-electron chi connectivity index (χ4n) is 2.87. The second kappa shape index (κ2) is 6.69. The third kappa shape index (κ3) is 3.44. The van der Waals surface area contributed by atoms with E-state index in [1.165, 1.54) is 0 Å². The minimum atomic E-state index is -0.597. The molecule has 1 heterocycles. The van der Waals surface area contributed by atoms with Gasteiger partial charge in [-0.1, -0.05) is 18.2 Å². The van der Waals surface area contributed by atoms with Crippen LogP contribution in [0, 0.1) is 0 Å². The Kier molecular flexibility index (Phi) is 4.46. The number of fused-ring (bicyclic) bond motifs is 1. The number of carbonyl (C=O) groups excluding carboxylic acids is 2. The predicted molar refractivity (Wildman–Crippen MR) is 85.9 cm³/mol. The lowest BCUT2D eigenvalue weighted by atomic mass is 9.93. The Morgan fingerprint density at radius 2 is 2.00 bits per heavy atom. The molecule has 0 saturated carbocycles. The van der Waals surface area contributed by atoms with E-state index in [2.05, 4.69) is 10.6 Å². The number of amides is 2. The number of hydrogen-bond donors (Lipinski definition) is 2. The molecule has 2 unspecified atom stereocenters. The Labute approximate surface area is 135 Å². The van der Waals surface area contributed by atoms with E-state index in [0.29, 0.717) is 5.56 Å². The van der Waals surface area contributed by atoms with Crippen LogP contribution in [-0.2, 0) is 11.2 Å². The highest BCUT2D eigenvalue weighted by atomic mass is 16.3. The molecule has 1 aliphatic carbocycles. The third-order valence-electron chi connectivity index (χ3n) is 4.15. The van der Waals surface area contributed by atoms with E-state index in [-0.39, 0.29) is 17.9 Å². The molecule has 2 aromatic rings. The molecule has 5 nitrogen and oxygen atoms in total. The van der Waals surface area contributed by atoms with Crippen LogP contribution in [0.15, 0.2) is 47.1 Å². The number of aryl methyl sites for hydroxylation is 1. The van der Waals surface area contributed by atoms with Crippen LogP contribution in [0.5, 0.6) is 0 Å². The molecule has 1 aromatic carbocycles. The summed E-state index contributed by atoms with van der Waals surface area (Å²) in [5.41, 5.74) is 1.59. The van der Waals surface area contributed by atoms with Gasteiger partial charge < -0.3 is 15.1 Å². The second-order valence-corrected chi connectivity index (χ2v) is 5.81. The van der Waals surface area contributed by atoms with Crippen LogP contribution in [0.2, 0.25) is 0 Å². The van der Waals surface area contributed by atoms with Crippen molar-refractivity contribution >= 4 is 11.8 Å². The first-order valence-corrected chi connectivity index (χ1v) is 7.87. The lowest BCUT2D eigenvalue weighted by molar-refractivity contribution is -0.123. The number of benzene rings is 1. The van der Waals surface area contributed by atoms with Crippen molar-refractivity contribution in [2.45, 2.75) is 38.3 Å². The first kappa shape index (κ1) is 15.3. The SMILES string of the molecule is CC(NC(=O)c1ccccc1)C(=O)NC1CCCc2occc21. The minimum absolute atomic E-state index is 0.0407. The van der Waals surface area contributed by atoms with Crippen molar-refractivity contribution in [1.82, 2.24) is 10.6 Å². The zero-order chi connectivity index (χ0) is 16.2. The topological polar surface area (TPSA) is 71.3 Å². The lowest BCUT2D eigenvalue weighted by Gasteiger charge is -2.24. The van der Waals surface area contributed by atoms with Gasteiger partial charge >= 0.3 is 0 Å². The van der Waals surface area contributed by atoms with E-state index in [9.17, 15) is 9.59 Å². The summed E-state index contributed by atoms with van der Waals surface area (Å²) >= 11 is 0. The maximum Gasteiger partial charge on any atom is 0.251 e. The fraction of sp³-hybridized carbons (Fsp3) is 0.333. The molecule has 2 N–H and O–H groups in total. The quantitative estimate of drug-likeness (QED) is 0.911. The highest BCUT2D eigenvalue weighted by molar-refractivity contribution is 5.97. The van der Waals surface area contributed by atoms with Gasteiger partial charge in [-0.3, -0.25) is 9.59 Å². The molecular weight excluding hydrogens is 292 g/mol. The van der Waals surface area contributed by atoms with Crippen molar-refractivity contribution in [1.29, 1.82) is 0 Å². The van der Waals surface area contributed by atoms with E-state index >= 15 is 0 Å². The Bertz CT molecular complexity index is 693. The molecule has 5 heteroatoms. The van der Waals surface area contributed by atoms with Gasteiger partial charge in [0.05, 0.1) is 12.3 Å². The first-order valence-electron chi connectivity index (χ1n) is 7.87. The Morgan fingerprint density at radius 3 is 2.78 bits per heavy atom. The number of nitrogens with one attached hydrogen (secondary N) is 2. The average Bonchev–Trinajstić information content (AvgIpc) is 3.05. The monoisotopic (exact) mass is 312 g/mol. The molecule has 0 radical (unpaired) electrons. The van der Waals surface area contributed by atoms with Crippen molar-refractivity contribution in [2.24, 2.45) is 0 Å². The summed E-state index contributed by atoms with van der Waals surface area (Å²) in [6.07, 6.45) is 4.44. The van der Waals surface area contributed by atoms with Crippen LogP contribution >= 0.6 is 0 Å². The van der Waals surface area contributed by atoms with Crippen LogP contribution in [0.25, 0.3) is 0 Å². The minimum Gasteiger partial charge on any atom is -0.469 e. The third-order valence-corrected chi connectivity index (χ3v) is 4.15. The summed E-state index contributed by atoms with van der Waals surface area (Å²) in [7, 11) is 0. The molecule has 0 aliphatic heterocycles. The van der Waals surface area contributed by atoms with Crippen LogP contribution in [0.4, 0.5) is 0 Å². The fourth-order valence-corrected chi connectivity index (χ4v) is 2.87. The highest BCUT2D eigenvalue weighted by Gasteiger charge is 2.26. The van der Waals surface area contributed by atoms with E-state index < -0.39 is 6.04 Å². The Balaban J connectivity index is 1.60. The predicted octanol–water partition coefficient (Wildman–Crippen LogP) is 2.59. The molecule has 120 valence electrons. The number of carbonyl (C=O) groups is 2. The zero-order valence-electron chi connectivity index (χ0n) is 13.0. The lowest BCUT2D eigenvalue weighted by Crippen LogP contribution is -2.46. The van der Waals surface area contributed by atoms with Crippen molar-refractivity contribution < 1.29 is 14.0 Å². The maximum absolute atomic E-state index is 12.4. The average molecular weight is 312 g/mol. The molecule has 0 fully saturated rings. The van der Waals surface area contributed by atoms with Gasteiger partial charge in [0.25, 0.3) is 5.91 Å². The van der Waals surface area contributed by atoms with Gasteiger partial charge in [-0.2, -0.15) is 0 Å². The van der Waals surface area contributed by atoms with Gasteiger partial charge in [0.2, 0.25) is 5.91 Å². The molecular formula is C18H20N2O3. The van der Waals surface area contributed by atoms with E-state index in [4.69, 9.17) is 4.42 Å². The molecule has 2 amide bonds.